The molecule has 6 rings (SSSR count). The van der Waals surface area contributed by atoms with E-state index in [0.29, 0.717) is 17.9 Å². The molecule has 4 fully saturated rings. The molecule has 2 saturated carbocycles. The maximum absolute atomic E-state index is 13.4. The van der Waals surface area contributed by atoms with Crippen LogP contribution >= 0.6 is 12.4 Å². The summed E-state index contributed by atoms with van der Waals surface area (Å²) in [5.41, 5.74) is 1.61. The summed E-state index contributed by atoms with van der Waals surface area (Å²) in [7, 11) is 2.21. The molecule has 5 aliphatic rings. The van der Waals surface area contributed by atoms with Crippen LogP contribution in [0.1, 0.15) is 12.0 Å². The number of rotatable bonds is 1. The van der Waals surface area contributed by atoms with Crippen LogP contribution in [0.2, 0.25) is 0 Å². The number of fused-ring (bicyclic) bond motifs is 5. The molecule has 3 heterocycles. The molecule has 2 aliphatic carbocycles. The third-order valence-corrected chi connectivity index (χ3v) is 7.93. The average Bonchev–Trinajstić information content (AvgIpc) is 3.08. The first-order valence-electron chi connectivity index (χ1n) is 9.01. The van der Waals surface area contributed by atoms with Gasteiger partial charge in [0.05, 0.1) is 12.7 Å². The van der Waals surface area contributed by atoms with Gasteiger partial charge in [0, 0.05) is 35.5 Å². The van der Waals surface area contributed by atoms with E-state index in [4.69, 9.17) is 4.74 Å². The number of nitrogens with one attached hydrogen (secondary N) is 1. The Bertz CT molecular complexity index is 798. The molecule has 1 N–H and O–H groups in total. The van der Waals surface area contributed by atoms with Gasteiger partial charge in [-0.2, -0.15) is 0 Å². The van der Waals surface area contributed by atoms with Crippen LogP contribution in [0.3, 0.4) is 0 Å². The average molecular weight is 359 g/mol. The topological polar surface area (TPSA) is 41.6 Å². The zero-order valence-corrected chi connectivity index (χ0v) is 15.1. The Hall–Kier alpha value is -1.36. The van der Waals surface area contributed by atoms with Gasteiger partial charge in [-0.1, -0.05) is 24.3 Å². The standard InChI is InChI=1S/C20H22N2O2.ClH/c1-3-19-10-22(2)16-11-9-24-15(8-13(11)19)20(17(16)19)12-6-4-5-7-14(12)21-18(20)23;/h3-7,11,13,15-17H,1,8-10H2,2H3,(H,21,23);1H/t11-,13?,15-,16+,17?,19+,20-;/m0./s1. The highest BCUT2D eigenvalue weighted by Crippen LogP contribution is 2.73. The summed E-state index contributed by atoms with van der Waals surface area (Å²) in [5, 5.41) is 3.18. The van der Waals surface area contributed by atoms with Gasteiger partial charge in [-0.15, -0.1) is 19.0 Å². The molecule has 7 atom stereocenters. The largest absolute Gasteiger partial charge is 0.376 e. The number of nitrogens with zero attached hydrogens (tertiary/aromatic N) is 1. The number of hydrogen-bond donors (Lipinski definition) is 1. The molecule has 0 aromatic heterocycles. The van der Waals surface area contributed by atoms with Gasteiger partial charge >= 0.3 is 0 Å². The van der Waals surface area contributed by atoms with Crippen LogP contribution in [-0.4, -0.2) is 43.2 Å². The lowest BCUT2D eigenvalue weighted by Gasteiger charge is -2.54. The molecular weight excluding hydrogens is 336 g/mol. The molecule has 132 valence electrons. The fourth-order valence-electron chi connectivity index (χ4n) is 7.38. The van der Waals surface area contributed by atoms with E-state index in [1.165, 1.54) is 0 Å². The van der Waals surface area contributed by atoms with Crippen molar-refractivity contribution in [3.05, 3.63) is 42.5 Å². The third kappa shape index (κ3) is 1.41. The molecule has 1 amide bonds. The number of likely N-dealkylation sites (tertiary alicyclic amines) is 1. The number of amides is 1. The van der Waals surface area contributed by atoms with Crippen molar-refractivity contribution in [1.29, 1.82) is 0 Å². The minimum atomic E-state index is -0.554. The number of ether oxygens (including phenoxy) is 1. The highest BCUT2D eigenvalue weighted by Gasteiger charge is 2.79. The second-order valence-corrected chi connectivity index (χ2v) is 8.40. The van der Waals surface area contributed by atoms with Crippen LogP contribution in [0.15, 0.2) is 36.9 Å². The summed E-state index contributed by atoms with van der Waals surface area (Å²) in [6.07, 6.45) is 3.17. The number of para-hydroxylation sites is 1. The van der Waals surface area contributed by atoms with E-state index in [1.807, 2.05) is 12.1 Å². The SMILES string of the molecule is C=C[C@]12CN(C)[C@H]3C1[C@@]1(C(=O)Nc4ccccc41)[C@@H]1CC2[C@@H]3CO1.Cl. The van der Waals surface area contributed by atoms with Gasteiger partial charge in [0.15, 0.2) is 0 Å². The van der Waals surface area contributed by atoms with Crippen molar-refractivity contribution in [2.24, 2.45) is 23.2 Å². The van der Waals surface area contributed by atoms with Crippen LogP contribution < -0.4 is 5.32 Å². The number of benzene rings is 1. The second-order valence-electron chi connectivity index (χ2n) is 8.40. The van der Waals surface area contributed by atoms with Crippen molar-refractivity contribution in [3.8, 4) is 0 Å². The van der Waals surface area contributed by atoms with Gasteiger partial charge < -0.3 is 15.0 Å². The maximum atomic E-state index is 13.4. The van der Waals surface area contributed by atoms with Gasteiger partial charge in [-0.05, 0) is 31.0 Å². The van der Waals surface area contributed by atoms with E-state index in [-0.39, 0.29) is 35.8 Å². The van der Waals surface area contributed by atoms with E-state index in [9.17, 15) is 4.79 Å². The number of carbonyl (C=O) groups excluding carboxylic acids is 1. The first-order valence-corrected chi connectivity index (χ1v) is 9.01. The lowest BCUT2D eigenvalue weighted by Crippen LogP contribution is -2.62. The molecule has 1 aromatic carbocycles. The molecule has 2 saturated heterocycles. The van der Waals surface area contributed by atoms with E-state index < -0.39 is 5.41 Å². The van der Waals surface area contributed by atoms with Gasteiger partial charge in [-0.25, -0.2) is 0 Å². The van der Waals surface area contributed by atoms with Crippen molar-refractivity contribution in [1.82, 2.24) is 4.90 Å². The fraction of sp³-hybridized carbons (Fsp3) is 0.550. The fourth-order valence-corrected chi connectivity index (χ4v) is 7.38. The Labute approximate surface area is 154 Å². The molecule has 3 aliphatic heterocycles. The summed E-state index contributed by atoms with van der Waals surface area (Å²) in [4.78, 5) is 15.9. The smallest absolute Gasteiger partial charge is 0.238 e. The molecule has 1 aromatic rings. The number of halogens is 1. The monoisotopic (exact) mass is 358 g/mol. The second kappa shape index (κ2) is 4.67. The summed E-state index contributed by atoms with van der Waals surface area (Å²) in [6, 6.07) is 8.64. The van der Waals surface area contributed by atoms with Crippen molar-refractivity contribution < 1.29 is 9.53 Å². The maximum Gasteiger partial charge on any atom is 0.238 e. The van der Waals surface area contributed by atoms with Gasteiger partial charge in [-0.3, -0.25) is 4.79 Å². The van der Waals surface area contributed by atoms with Gasteiger partial charge in [0.2, 0.25) is 5.91 Å². The predicted molar refractivity (Wildman–Crippen MR) is 97.9 cm³/mol. The minimum absolute atomic E-state index is 0. The molecule has 5 heteroatoms. The third-order valence-electron chi connectivity index (χ3n) is 7.93. The Balaban J connectivity index is 0.00000140. The van der Waals surface area contributed by atoms with Crippen LogP contribution in [0.5, 0.6) is 0 Å². The molecule has 1 spiro atoms. The predicted octanol–water partition coefficient (Wildman–Crippen LogP) is 2.45. The van der Waals surface area contributed by atoms with E-state index in [2.05, 4.69) is 42.1 Å². The Morgan fingerprint density at radius 2 is 2.20 bits per heavy atom. The summed E-state index contributed by atoms with van der Waals surface area (Å²) < 4.78 is 6.34. The van der Waals surface area contributed by atoms with Crippen molar-refractivity contribution in [2.75, 3.05) is 25.5 Å². The van der Waals surface area contributed by atoms with Crippen LogP contribution in [0.25, 0.3) is 0 Å². The van der Waals surface area contributed by atoms with E-state index in [1.54, 1.807) is 0 Å². The van der Waals surface area contributed by atoms with E-state index >= 15 is 0 Å². The number of carbonyl (C=O) groups is 1. The van der Waals surface area contributed by atoms with Crippen molar-refractivity contribution >= 4 is 24.0 Å². The van der Waals surface area contributed by atoms with Crippen LogP contribution in [-0.2, 0) is 14.9 Å². The molecular formula is C20H23ClN2O2. The number of piperidine rings is 1. The highest BCUT2D eigenvalue weighted by atomic mass is 35.5. The number of anilines is 1. The van der Waals surface area contributed by atoms with E-state index in [0.717, 1.165) is 30.8 Å². The number of hydrogen-bond acceptors (Lipinski definition) is 3. The molecule has 0 radical (unpaired) electrons. The van der Waals surface area contributed by atoms with Crippen molar-refractivity contribution in [3.63, 3.8) is 0 Å². The molecule has 25 heavy (non-hydrogen) atoms. The summed E-state index contributed by atoms with van der Waals surface area (Å²) in [6.45, 7) is 6.06. The Kier molecular flexibility index (Phi) is 2.96. The quantitative estimate of drug-likeness (QED) is 0.784. The summed E-state index contributed by atoms with van der Waals surface area (Å²) >= 11 is 0. The molecule has 5 bridgehead atoms. The molecule has 2 unspecified atom stereocenters. The van der Waals surface area contributed by atoms with Crippen LogP contribution in [0, 0.1) is 23.2 Å². The van der Waals surface area contributed by atoms with Crippen molar-refractivity contribution in [2.45, 2.75) is 24.0 Å². The summed E-state index contributed by atoms with van der Waals surface area (Å²) in [5.74, 6) is 1.56. The van der Waals surface area contributed by atoms with Crippen LogP contribution in [0.4, 0.5) is 5.69 Å². The molecule has 4 nitrogen and oxygen atoms in total. The lowest BCUT2D eigenvalue weighted by molar-refractivity contribution is -0.153. The zero-order chi connectivity index (χ0) is 16.3. The van der Waals surface area contributed by atoms with Gasteiger partial charge in [0.25, 0.3) is 0 Å². The first-order chi connectivity index (χ1) is 11.6. The highest BCUT2D eigenvalue weighted by molar-refractivity contribution is 6.07. The minimum Gasteiger partial charge on any atom is -0.376 e. The lowest BCUT2D eigenvalue weighted by atomic mass is 9.51. The first kappa shape index (κ1) is 15.9. The van der Waals surface area contributed by atoms with Gasteiger partial charge in [0.1, 0.15) is 5.41 Å². The normalized spacial score (nSPS) is 48.4. The Morgan fingerprint density at radius 3 is 3.00 bits per heavy atom. The Morgan fingerprint density at radius 1 is 1.40 bits per heavy atom. The zero-order valence-electron chi connectivity index (χ0n) is 14.3.